The van der Waals surface area contributed by atoms with Gasteiger partial charge < -0.3 is 19.6 Å². The van der Waals surface area contributed by atoms with Crippen LogP contribution >= 0.6 is 0 Å². The lowest BCUT2D eigenvalue weighted by molar-refractivity contribution is -0.149. The van der Waals surface area contributed by atoms with E-state index in [2.05, 4.69) is 0 Å². The molecule has 2 saturated heterocycles. The Labute approximate surface area is 150 Å². The Morgan fingerprint density at radius 2 is 1.60 bits per heavy atom. The van der Waals surface area contributed by atoms with Gasteiger partial charge in [0.05, 0.1) is 5.60 Å². The van der Waals surface area contributed by atoms with Gasteiger partial charge in [0.15, 0.2) is 0 Å². The van der Waals surface area contributed by atoms with E-state index in [-0.39, 0.29) is 23.8 Å². The summed E-state index contributed by atoms with van der Waals surface area (Å²) in [5.41, 5.74) is -1.28. The Hall–Kier alpha value is -1.30. The zero-order valence-electron chi connectivity index (χ0n) is 15.8. The van der Waals surface area contributed by atoms with Crippen molar-refractivity contribution in [3.8, 4) is 0 Å². The van der Waals surface area contributed by atoms with E-state index in [1.165, 1.54) is 0 Å². The maximum atomic E-state index is 12.7. The van der Waals surface area contributed by atoms with Gasteiger partial charge in [-0.2, -0.15) is 0 Å². The fraction of sp³-hybridized carbons (Fsp3) is 0.895. The minimum Gasteiger partial charge on any atom is -0.444 e. The van der Waals surface area contributed by atoms with Gasteiger partial charge in [-0.15, -0.1) is 0 Å². The fourth-order valence-corrected chi connectivity index (χ4v) is 4.43. The lowest BCUT2D eigenvalue weighted by Gasteiger charge is -2.50. The molecule has 0 radical (unpaired) electrons. The molecule has 0 aromatic heterocycles. The van der Waals surface area contributed by atoms with Crippen molar-refractivity contribution in [1.29, 1.82) is 0 Å². The quantitative estimate of drug-likeness (QED) is 0.787. The van der Waals surface area contributed by atoms with E-state index in [1.807, 2.05) is 25.7 Å². The van der Waals surface area contributed by atoms with Gasteiger partial charge in [-0.3, -0.25) is 4.79 Å². The first-order valence-electron chi connectivity index (χ1n) is 9.67. The van der Waals surface area contributed by atoms with Crippen LogP contribution in [0.2, 0.25) is 0 Å². The van der Waals surface area contributed by atoms with Gasteiger partial charge in [-0.1, -0.05) is 12.8 Å². The number of piperidine rings is 2. The highest BCUT2D eigenvalue weighted by molar-refractivity contribution is 5.79. The summed E-state index contributed by atoms with van der Waals surface area (Å²) >= 11 is 0. The number of carbonyl (C=O) groups is 2. The Morgan fingerprint density at radius 1 is 1.04 bits per heavy atom. The zero-order chi connectivity index (χ0) is 18.2. The second kappa shape index (κ2) is 6.78. The topological polar surface area (TPSA) is 70.1 Å². The van der Waals surface area contributed by atoms with Crippen LogP contribution in [-0.4, -0.2) is 64.3 Å². The number of aliphatic hydroxyl groups is 1. The molecule has 1 N–H and O–H groups in total. The van der Waals surface area contributed by atoms with Crippen LogP contribution in [0.4, 0.5) is 4.79 Å². The van der Waals surface area contributed by atoms with Crippen LogP contribution in [0, 0.1) is 11.8 Å². The van der Waals surface area contributed by atoms with Crippen molar-refractivity contribution >= 4 is 12.0 Å². The summed E-state index contributed by atoms with van der Waals surface area (Å²) in [5.74, 6) is 0.318. The van der Waals surface area contributed by atoms with Crippen molar-refractivity contribution in [1.82, 2.24) is 9.80 Å². The van der Waals surface area contributed by atoms with E-state index in [9.17, 15) is 14.7 Å². The molecule has 2 heterocycles. The third-order valence-corrected chi connectivity index (χ3v) is 5.94. The van der Waals surface area contributed by atoms with Crippen molar-refractivity contribution in [3.63, 3.8) is 0 Å². The summed E-state index contributed by atoms with van der Waals surface area (Å²) in [6.07, 6.45) is 5.12. The van der Waals surface area contributed by atoms with E-state index in [1.54, 1.807) is 4.90 Å². The van der Waals surface area contributed by atoms with Gasteiger partial charge >= 0.3 is 6.09 Å². The number of ether oxygens (including phenoxy) is 1. The van der Waals surface area contributed by atoms with Gasteiger partial charge in [-0.25, -0.2) is 4.79 Å². The van der Waals surface area contributed by atoms with Gasteiger partial charge in [0.2, 0.25) is 5.91 Å². The lowest BCUT2D eigenvalue weighted by Crippen LogP contribution is -2.62. The molecule has 1 saturated carbocycles. The van der Waals surface area contributed by atoms with Crippen LogP contribution in [0.5, 0.6) is 0 Å². The Bertz CT molecular complexity index is 524. The number of hydrogen-bond donors (Lipinski definition) is 1. The number of carbonyl (C=O) groups excluding carboxylic acids is 2. The summed E-state index contributed by atoms with van der Waals surface area (Å²) < 4.78 is 5.47. The van der Waals surface area contributed by atoms with Crippen molar-refractivity contribution in [2.75, 3.05) is 26.2 Å². The molecule has 3 aliphatic rings. The third kappa shape index (κ3) is 4.10. The van der Waals surface area contributed by atoms with Crippen LogP contribution in [0.1, 0.15) is 59.3 Å². The molecule has 6 heteroatoms. The molecule has 0 spiro atoms. The van der Waals surface area contributed by atoms with Crippen molar-refractivity contribution in [2.45, 2.75) is 70.5 Å². The molecule has 25 heavy (non-hydrogen) atoms. The van der Waals surface area contributed by atoms with Crippen molar-refractivity contribution in [2.24, 2.45) is 11.8 Å². The molecule has 0 aromatic rings. The summed E-state index contributed by atoms with van der Waals surface area (Å²) in [4.78, 5) is 28.7. The average molecular weight is 352 g/mol. The monoisotopic (exact) mass is 352 g/mol. The molecule has 2 atom stereocenters. The summed E-state index contributed by atoms with van der Waals surface area (Å²) in [6, 6.07) is 0. The van der Waals surface area contributed by atoms with E-state index in [0.29, 0.717) is 39.0 Å². The van der Waals surface area contributed by atoms with Crippen molar-refractivity contribution < 1.29 is 19.4 Å². The number of fused-ring (bicyclic) bond motifs is 1. The Morgan fingerprint density at radius 3 is 2.20 bits per heavy atom. The molecular weight excluding hydrogens is 320 g/mol. The molecule has 0 unspecified atom stereocenters. The number of rotatable bonds is 1. The van der Waals surface area contributed by atoms with Crippen LogP contribution in [-0.2, 0) is 9.53 Å². The molecule has 142 valence electrons. The molecule has 2 amide bonds. The van der Waals surface area contributed by atoms with Crippen molar-refractivity contribution in [3.05, 3.63) is 0 Å². The predicted octanol–water partition coefficient (Wildman–Crippen LogP) is 2.40. The fourth-order valence-electron chi connectivity index (χ4n) is 4.43. The highest BCUT2D eigenvalue weighted by Crippen LogP contribution is 2.37. The highest BCUT2D eigenvalue weighted by Gasteiger charge is 2.47. The number of likely N-dealkylation sites (tertiary alicyclic amines) is 2. The summed E-state index contributed by atoms with van der Waals surface area (Å²) in [5, 5.41) is 11.0. The molecule has 6 nitrogen and oxygen atoms in total. The SMILES string of the molecule is CC(C)(C)OC(=O)N1CC[C@]2(O)CCN(C(=O)C3CCCC3)C[C@H]2C1. The van der Waals surface area contributed by atoms with Gasteiger partial charge in [-0.05, 0) is 46.5 Å². The standard InChI is InChI=1S/C19H32N2O4/c1-18(2,3)25-17(23)21-11-9-19(24)8-10-20(12-15(19)13-21)16(22)14-6-4-5-7-14/h14-15,24H,4-13H2,1-3H3/t15-,19+/m0/s1. The molecule has 0 bridgehead atoms. The minimum absolute atomic E-state index is 0.0899. The van der Waals surface area contributed by atoms with E-state index < -0.39 is 11.2 Å². The first-order chi connectivity index (χ1) is 11.7. The number of hydrogen-bond acceptors (Lipinski definition) is 4. The van der Waals surface area contributed by atoms with Gasteiger partial charge in [0, 0.05) is 38.0 Å². The second-order valence-corrected chi connectivity index (χ2v) is 8.99. The molecule has 0 aromatic carbocycles. The first-order valence-corrected chi connectivity index (χ1v) is 9.67. The van der Waals surface area contributed by atoms with Crippen LogP contribution in [0.25, 0.3) is 0 Å². The minimum atomic E-state index is -0.759. The highest BCUT2D eigenvalue weighted by atomic mass is 16.6. The lowest BCUT2D eigenvalue weighted by atomic mass is 9.75. The number of nitrogens with zero attached hydrogens (tertiary/aromatic N) is 2. The predicted molar refractivity (Wildman–Crippen MR) is 94.0 cm³/mol. The number of amides is 2. The molecule has 2 aliphatic heterocycles. The first kappa shape index (κ1) is 18.5. The van der Waals surface area contributed by atoms with Crippen LogP contribution in [0.15, 0.2) is 0 Å². The largest absolute Gasteiger partial charge is 0.444 e. The molecule has 1 aliphatic carbocycles. The Balaban J connectivity index is 1.63. The third-order valence-electron chi connectivity index (χ3n) is 5.94. The molecule has 3 fully saturated rings. The molecule has 3 rings (SSSR count). The van der Waals surface area contributed by atoms with Crippen LogP contribution in [0.3, 0.4) is 0 Å². The van der Waals surface area contributed by atoms with E-state index in [4.69, 9.17) is 4.74 Å². The second-order valence-electron chi connectivity index (χ2n) is 8.99. The van der Waals surface area contributed by atoms with Crippen LogP contribution < -0.4 is 0 Å². The summed E-state index contributed by atoms with van der Waals surface area (Å²) in [6.45, 7) is 7.72. The van der Waals surface area contributed by atoms with Gasteiger partial charge in [0.25, 0.3) is 0 Å². The maximum absolute atomic E-state index is 12.7. The summed E-state index contributed by atoms with van der Waals surface area (Å²) in [7, 11) is 0. The molecular formula is C19H32N2O4. The average Bonchev–Trinajstić information content (AvgIpc) is 3.05. The Kier molecular flexibility index (Phi) is 5.02. The smallest absolute Gasteiger partial charge is 0.410 e. The normalized spacial score (nSPS) is 31.0. The maximum Gasteiger partial charge on any atom is 0.410 e. The zero-order valence-corrected chi connectivity index (χ0v) is 15.8. The van der Waals surface area contributed by atoms with E-state index in [0.717, 1.165) is 25.7 Å². The van der Waals surface area contributed by atoms with E-state index >= 15 is 0 Å². The van der Waals surface area contributed by atoms with Gasteiger partial charge in [0.1, 0.15) is 5.60 Å².